The first-order valence-electron chi connectivity index (χ1n) is 6.45. The quantitative estimate of drug-likeness (QED) is 0.597. The molecule has 0 amide bonds. The van der Waals surface area contributed by atoms with E-state index in [0.717, 1.165) is 29.1 Å². The van der Waals surface area contributed by atoms with E-state index >= 15 is 0 Å². The molecule has 0 saturated heterocycles. The van der Waals surface area contributed by atoms with Crippen LogP contribution < -0.4 is 5.32 Å². The molecule has 0 bridgehead atoms. The minimum Gasteiger partial charge on any atom is -0.313 e. The van der Waals surface area contributed by atoms with E-state index in [1.165, 1.54) is 19.3 Å². The van der Waals surface area contributed by atoms with Crippen LogP contribution >= 0.6 is 11.8 Å². The number of nitrogens with one attached hydrogen (secondary N) is 1. The second-order valence-corrected chi connectivity index (χ2v) is 5.68. The SMILES string of the molecule is CCCNC(CSc1nccc(C)n1)C1CC1. The predicted octanol–water partition coefficient (Wildman–Crippen LogP) is 2.66. The van der Waals surface area contributed by atoms with Gasteiger partial charge in [-0.05, 0) is 44.7 Å². The molecule has 0 aliphatic heterocycles. The monoisotopic (exact) mass is 251 g/mol. The standard InChI is InChI=1S/C13H21N3S/c1-3-7-14-12(11-4-5-11)9-17-13-15-8-6-10(2)16-13/h6,8,11-12,14H,3-5,7,9H2,1-2H3. The lowest BCUT2D eigenvalue weighted by molar-refractivity contribution is 0.503. The van der Waals surface area contributed by atoms with Crippen molar-refractivity contribution >= 4 is 11.8 Å². The first kappa shape index (κ1) is 12.8. The number of hydrogen-bond donors (Lipinski definition) is 1. The van der Waals surface area contributed by atoms with Gasteiger partial charge in [0.2, 0.25) is 0 Å². The maximum atomic E-state index is 4.43. The number of aromatic nitrogens is 2. The molecule has 0 radical (unpaired) electrons. The van der Waals surface area contributed by atoms with Gasteiger partial charge in [-0.1, -0.05) is 18.7 Å². The summed E-state index contributed by atoms with van der Waals surface area (Å²) in [6, 6.07) is 2.58. The van der Waals surface area contributed by atoms with Crippen LogP contribution in [0, 0.1) is 12.8 Å². The van der Waals surface area contributed by atoms with Crippen molar-refractivity contribution in [3.05, 3.63) is 18.0 Å². The third kappa shape index (κ3) is 4.28. The summed E-state index contributed by atoms with van der Waals surface area (Å²) >= 11 is 1.78. The van der Waals surface area contributed by atoms with E-state index in [9.17, 15) is 0 Å². The van der Waals surface area contributed by atoms with Crippen LogP contribution in [0.25, 0.3) is 0 Å². The fraction of sp³-hybridized carbons (Fsp3) is 0.692. The summed E-state index contributed by atoms with van der Waals surface area (Å²) in [6.45, 7) is 5.35. The Morgan fingerprint density at radius 1 is 1.53 bits per heavy atom. The van der Waals surface area contributed by atoms with Gasteiger partial charge in [0.25, 0.3) is 0 Å². The van der Waals surface area contributed by atoms with Crippen LogP contribution in [-0.4, -0.2) is 28.3 Å². The Bertz CT molecular complexity index is 352. The van der Waals surface area contributed by atoms with E-state index in [1.54, 1.807) is 11.8 Å². The molecule has 2 rings (SSSR count). The summed E-state index contributed by atoms with van der Waals surface area (Å²) in [6.07, 6.45) is 5.82. The summed E-state index contributed by atoms with van der Waals surface area (Å²) < 4.78 is 0. The topological polar surface area (TPSA) is 37.8 Å². The maximum absolute atomic E-state index is 4.43. The molecule has 17 heavy (non-hydrogen) atoms. The second kappa shape index (κ2) is 6.36. The van der Waals surface area contributed by atoms with E-state index in [4.69, 9.17) is 0 Å². The minimum absolute atomic E-state index is 0.643. The van der Waals surface area contributed by atoms with Crippen LogP contribution in [0.3, 0.4) is 0 Å². The fourth-order valence-electron chi connectivity index (χ4n) is 1.85. The van der Waals surface area contributed by atoms with Crippen LogP contribution in [0.15, 0.2) is 17.4 Å². The van der Waals surface area contributed by atoms with E-state index in [2.05, 4.69) is 22.2 Å². The fourth-order valence-corrected chi connectivity index (χ4v) is 2.91. The largest absolute Gasteiger partial charge is 0.313 e. The highest BCUT2D eigenvalue weighted by Crippen LogP contribution is 2.34. The van der Waals surface area contributed by atoms with Crippen LogP contribution in [0.5, 0.6) is 0 Å². The van der Waals surface area contributed by atoms with Crippen LogP contribution in [0.2, 0.25) is 0 Å². The summed E-state index contributed by atoms with van der Waals surface area (Å²) in [4.78, 5) is 8.72. The summed E-state index contributed by atoms with van der Waals surface area (Å²) in [5.74, 6) is 1.98. The highest BCUT2D eigenvalue weighted by molar-refractivity contribution is 7.99. The van der Waals surface area contributed by atoms with Gasteiger partial charge in [-0.2, -0.15) is 0 Å². The molecule has 1 aromatic rings. The molecule has 1 aliphatic carbocycles. The average Bonchev–Trinajstić information content (AvgIpc) is 3.13. The van der Waals surface area contributed by atoms with Crippen molar-refractivity contribution in [2.75, 3.05) is 12.3 Å². The summed E-state index contributed by atoms with van der Waals surface area (Å²) in [7, 11) is 0. The molecule has 0 aromatic carbocycles. The molecular formula is C13H21N3S. The van der Waals surface area contributed by atoms with Gasteiger partial charge in [-0.15, -0.1) is 0 Å². The molecule has 3 nitrogen and oxygen atoms in total. The molecule has 94 valence electrons. The maximum Gasteiger partial charge on any atom is 0.187 e. The Kier molecular flexibility index (Phi) is 4.80. The highest BCUT2D eigenvalue weighted by Gasteiger charge is 2.30. The first-order chi connectivity index (χ1) is 8.29. The summed E-state index contributed by atoms with van der Waals surface area (Å²) in [5.41, 5.74) is 1.05. The van der Waals surface area contributed by atoms with Gasteiger partial charge in [0, 0.05) is 23.7 Å². The molecule has 1 atom stereocenters. The van der Waals surface area contributed by atoms with E-state index < -0.39 is 0 Å². The van der Waals surface area contributed by atoms with E-state index in [1.807, 2.05) is 19.2 Å². The Morgan fingerprint density at radius 3 is 3.00 bits per heavy atom. The summed E-state index contributed by atoms with van der Waals surface area (Å²) in [5, 5.41) is 4.55. The minimum atomic E-state index is 0.643. The zero-order valence-electron chi connectivity index (χ0n) is 10.6. The lowest BCUT2D eigenvalue weighted by Gasteiger charge is -2.16. The molecule has 1 fully saturated rings. The van der Waals surface area contributed by atoms with Crippen LogP contribution in [0.4, 0.5) is 0 Å². The van der Waals surface area contributed by atoms with Gasteiger partial charge in [-0.25, -0.2) is 9.97 Å². The van der Waals surface area contributed by atoms with Gasteiger partial charge in [-0.3, -0.25) is 0 Å². The Hall–Kier alpha value is -0.610. The van der Waals surface area contributed by atoms with Gasteiger partial charge in [0.15, 0.2) is 5.16 Å². The number of hydrogen-bond acceptors (Lipinski definition) is 4. The van der Waals surface area contributed by atoms with Crippen LogP contribution in [0.1, 0.15) is 31.9 Å². The normalized spacial score (nSPS) is 17.1. The van der Waals surface area contributed by atoms with Gasteiger partial charge < -0.3 is 5.32 Å². The van der Waals surface area contributed by atoms with Crippen LogP contribution in [-0.2, 0) is 0 Å². The predicted molar refractivity (Wildman–Crippen MR) is 72.3 cm³/mol. The van der Waals surface area contributed by atoms with E-state index in [-0.39, 0.29) is 0 Å². The zero-order valence-corrected chi connectivity index (χ0v) is 11.5. The lowest BCUT2D eigenvalue weighted by atomic mass is 10.2. The number of rotatable bonds is 7. The average molecular weight is 251 g/mol. The second-order valence-electron chi connectivity index (χ2n) is 4.69. The van der Waals surface area contributed by atoms with Crippen molar-refractivity contribution in [2.24, 2.45) is 5.92 Å². The molecule has 1 aromatic heterocycles. The molecule has 4 heteroatoms. The molecule has 1 unspecified atom stereocenters. The molecule has 0 spiro atoms. The van der Waals surface area contributed by atoms with Crippen molar-refractivity contribution in [3.63, 3.8) is 0 Å². The van der Waals surface area contributed by atoms with Gasteiger partial charge >= 0.3 is 0 Å². The van der Waals surface area contributed by atoms with Crippen molar-refractivity contribution in [2.45, 2.75) is 44.3 Å². The van der Waals surface area contributed by atoms with Crippen molar-refractivity contribution in [1.82, 2.24) is 15.3 Å². The molecule has 1 N–H and O–H groups in total. The molecular weight excluding hydrogens is 230 g/mol. The number of thioether (sulfide) groups is 1. The number of nitrogens with zero attached hydrogens (tertiary/aromatic N) is 2. The first-order valence-corrected chi connectivity index (χ1v) is 7.44. The van der Waals surface area contributed by atoms with Crippen molar-refractivity contribution in [3.8, 4) is 0 Å². The number of aryl methyl sites for hydroxylation is 1. The molecule has 1 heterocycles. The Balaban J connectivity index is 1.82. The van der Waals surface area contributed by atoms with Gasteiger partial charge in [0.1, 0.15) is 0 Å². The Morgan fingerprint density at radius 2 is 2.35 bits per heavy atom. The Labute approximate surface area is 108 Å². The molecule has 1 aliphatic rings. The molecule has 1 saturated carbocycles. The van der Waals surface area contributed by atoms with Gasteiger partial charge in [0.05, 0.1) is 0 Å². The third-order valence-corrected chi connectivity index (χ3v) is 3.99. The third-order valence-electron chi connectivity index (χ3n) is 3.01. The van der Waals surface area contributed by atoms with Crippen molar-refractivity contribution in [1.29, 1.82) is 0 Å². The highest BCUT2D eigenvalue weighted by atomic mass is 32.2. The lowest BCUT2D eigenvalue weighted by Crippen LogP contribution is -2.33. The van der Waals surface area contributed by atoms with Crippen molar-refractivity contribution < 1.29 is 0 Å². The smallest absolute Gasteiger partial charge is 0.187 e. The zero-order chi connectivity index (χ0) is 12.1. The van der Waals surface area contributed by atoms with E-state index in [0.29, 0.717) is 6.04 Å².